The first kappa shape index (κ1) is 14.7. The van der Waals surface area contributed by atoms with E-state index in [9.17, 15) is 13.2 Å². The average molecular weight is 337 g/mol. The highest BCUT2D eigenvalue weighted by Crippen LogP contribution is 2.37. The Balaban J connectivity index is 2.35. The third kappa shape index (κ3) is 3.23. The Hall–Kier alpha value is -0.750. The molecule has 1 aliphatic rings. The van der Waals surface area contributed by atoms with E-state index in [0.29, 0.717) is 12.2 Å². The van der Waals surface area contributed by atoms with Gasteiger partial charge >= 0.3 is 6.18 Å². The number of rotatable bonds is 1. The summed E-state index contributed by atoms with van der Waals surface area (Å²) in [4.78, 5) is 2.02. The molecule has 1 aliphatic heterocycles. The topological polar surface area (TPSA) is 15.3 Å². The standard InChI is InChI=1S/C13H16BrF3N2/c1-8-7-19(9(2)6-18-8)10-3-4-12(14)11(5-10)13(15,16)17/h3-5,8-9,18H,6-7H2,1-2H3. The highest BCUT2D eigenvalue weighted by molar-refractivity contribution is 9.10. The molecule has 106 valence electrons. The fourth-order valence-electron chi connectivity index (χ4n) is 2.29. The Labute approximate surface area is 119 Å². The lowest BCUT2D eigenvalue weighted by atomic mass is 10.1. The molecule has 1 aromatic rings. The van der Waals surface area contributed by atoms with Gasteiger partial charge in [0, 0.05) is 35.3 Å². The van der Waals surface area contributed by atoms with Crippen LogP contribution in [0.25, 0.3) is 0 Å². The van der Waals surface area contributed by atoms with Crippen LogP contribution in [0.2, 0.25) is 0 Å². The van der Waals surface area contributed by atoms with Gasteiger partial charge in [-0.3, -0.25) is 0 Å². The van der Waals surface area contributed by atoms with Gasteiger partial charge in [-0.05, 0) is 32.0 Å². The van der Waals surface area contributed by atoms with Crippen molar-refractivity contribution in [2.75, 3.05) is 18.0 Å². The number of halogens is 4. The van der Waals surface area contributed by atoms with Crippen molar-refractivity contribution in [3.8, 4) is 0 Å². The molecule has 19 heavy (non-hydrogen) atoms. The predicted molar refractivity (Wildman–Crippen MR) is 73.4 cm³/mol. The summed E-state index contributed by atoms with van der Waals surface area (Å²) < 4.78 is 38.8. The number of nitrogens with zero attached hydrogens (tertiary/aromatic N) is 1. The third-order valence-electron chi connectivity index (χ3n) is 3.35. The van der Waals surface area contributed by atoms with Crippen molar-refractivity contribution in [3.63, 3.8) is 0 Å². The first-order valence-electron chi connectivity index (χ1n) is 6.16. The second-order valence-electron chi connectivity index (χ2n) is 4.97. The number of benzene rings is 1. The Morgan fingerprint density at radius 1 is 1.32 bits per heavy atom. The minimum Gasteiger partial charge on any atom is -0.366 e. The third-order valence-corrected chi connectivity index (χ3v) is 4.04. The molecule has 1 saturated heterocycles. The van der Waals surface area contributed by atoms with Crippen LogP contribution in [0.5, 0.6) is 0 Å². The van der Waals surface area contributed by atoms with Crippen molar-refractivity contribution in [1.29, 1.82) is 0 Å². The van der Waals surface area contributed by atoms with Gasteiger partial charge in [0.2, 0.25) is 0 Å². The SMILES string of the molecule is CC1CN(c2ccc(Br)c(C(F)(F)F)c2)C(C)CN1. The van der Waals surface area contributed by atoms with Crippen LogP contribution in [-0.4, -0.2) is 25.2 Å². The highest BCUT2D eigenvalue weighted by Gasteiger charge is 2.34. The second-order valence-corrected chi connectivity index (χ2v) is 5.83. The molecule has 2 rings (SSSR count). The van der Waals surface area contributed by atoms with Crippen molar-refractivity contribution >= 4 is 21.6 Å². The summed E-state index contributed by atoms with van der Waals surface area (Å²) in [5.41, 5.74) is -0.000222. The predicted octanol–water partition coefficient (Wildman–Crippen LogP) is 3.65. The Morgan fingerprint density at radius 3 is 2.63 bits per heavy atom. The fraction of sp³-hybridized carbons (Fsp3) is 0.538. The zero-order chi connectivity index (χ0) is 14.2. The maximum atomic E-state index is 12.9. The molecule has 0 aliphatic carbocycles. The summed E-state index contributed by atoms with van der Waals surface area (Å²) in [5.74, 6) is 0. The van der Waals surface area contributed by atoms with Crippen molar-refractivity contribution in [3.05, 3.63) is 28.2 Å². The van der Waals surface area contributed by atoms with E-state index in [1.54, 1.807) is 6.07 Å². The molecule has 1 aromatic carbocycles. The van der Waals surface area contributed by atoms with Gasteiger partial charge in [0.05, 0.1) is 5.56 Å². The number of nitrogens with one attached hydrogen (secondary N) is 1. The second kappa shape index (κ2) is 5.32. The summed E-state index contributed by atoms with van der Waals surface area (Å²) in [7, 11) is 0. The maximum Gasteiger partial charge on any atom is 0.417 e. The number of piperazine rings is 1. The normalized spacial score (nSPS) is 24.6. The number of hydrogen-bond acceptors (Lipinski definition) is 2. The van der Waals surface area contributed by atoms with Gasteiger partial charge in [-0.15, -0.1) is 0 Å². The number of alkyl halides is 3. The lowest BCUT2D eigenvalue weighted by Gasteiger charge is -2.39. The van der Waals surface area contributed by atoms with Crippen LogP contribution in [0.4, 0.5) is 18.9 Å². The van der Waals surface area contributed by atoms with Crippen molar-refractivity contribution in [2.24, 2.45) is 0 Å². The molecule has 0 aromatic heterocycles. The number of anilines is 1. The molecule has 0 radical (unpaired) electrons. The van der Waals surface area contributed by atoms with Gasteiger partial charge < -0.3 is 10.2 Å². The molecular formula is C13H16BrF3N2. The molecule has 2 unspecified atom stereocenters. The van der Waals surface area contributed by atoms with E-state index in [2.05, 4.69) is 21.2 Å². The smallest absolute Gasteiger partial charge is 0.366 e. The minimum atomic E-state index is -4.34. The van der Waals surface area contributed by atoms with Gasteiger partial charge in [0.1, 0.15) is 0 Å². The first-order chi connectivity index (χ1) is 8.79. The maximum absolute atomic E-state index is 12.9. The van der Waals surface area contributed by atoms with Crippen LogP contribution >= 0.6 is 15.9 Å². The average Bonchev–Trinajstić information content (AvgIpc) is 2.31. The molecule has 6 heteroatoms. The van der Waals surface area contributed by atoms with Crippen LogP contribution in [0.1, 0.15) is 19.4 Å². The molecule has 1 fully saturated rings. The Kier molecular flexibility index (Phi) is 4.11. The number of hydrogen-bond donors (Lipinski definition) is 1. The summed E-state index contributed by atoms with van der Waals surface area (Å²) in [5, 5.41) is 3.31. The minimum absolute atomic E-state index is 0.0829. The quantitative estimate of drug-likeness (QED) is 0.842. The Morgan fingerprint density at radius 2 is 2.00 bits per heavy atom. The molecule has 2 atom stereocenters. The van der Waals surface area contributed by atoms with Gasteiger partial charge in [-0.25, -0.2) is 0 Å². The van der Waals surface area contributed by atoms with Gasteiger partial charge in [0.15, 0.2) is 0 Å². The Bertz CT molecular complexity index is 462. The summed E-state index contributed by atoms with van der Waals surface area (Å²) in [6.45, 7) is 5.52. The molecule has 1 heterocycles. The first-order valence-corrected chi connectivity index (χ1v) is 6.95. The zero-order valence-electron chi connectivity index (χ0n) is 10.8. The van der Waals surface area contributed by atoms with Crippen LogP contribution in [0.3, 0.4) is 0 Å². The van der Waals surface area contributed by atoms with Gasteiger partial charge in [0.25, 0.3) is 0 Å². The zero-order valence-corrected chi connectivity index (χ0v) is 12.3. The molecular weight excluding hydrogens is 321 g/mol. The van der Waals surface area contributed by atoms with Gasteiger partial charge in [-0.2, -0.15) is 13.2 Å². The van der Waals surface area contributed by atoms with Crippen LogP contribution in [0, 0.1) is 0 Å². The summed E-state index contributed by atoms with van der Waals surface area (Å²) in [6, 6.07) is 4.87. The lowest BCUT2D eigenvalue weighted by molar-refractivity contribution is -0.138. The monoisotopic (exact) mass is 336 g/mol. The fourth-order valence-corrected chi connectivity index (χ4v) is 2.76. The highest BCUT2D eigenvalue weighted by atomic mass is 79.9. The van der Waals surface area contributed by atoms with E-state index in [1.165, 1.54) is 12.1 Å². The van der Waals surface area contributed by atoms with E-state index in [1.807, 2.05) is 18.7 Å². The molecule has 0 bridgehead atoms. The van der Waals surface area contributed by atoms with E-state index in [4.69, 9.17) is 0 Å². The van der Waals surface area contributed by atoms with E-state index >= 15 is 0 Å². The lowest BCUT2D eigenvalue weighted by Crippen LogP contribution is -2.54. The largest absolute Gasteiger partial charge is 0.417 e. The summed E-state index contributed by atoms with van der Waals surface area (Å²) in [6.07, 6.45) is -4.34. The van der Waals surface area contributed by atoms with Crippen molar-refractivity contribution < 1.29 is 13.2 Å². The van der Waals surface area contributed by atoms with E-state index in [0.717, 1.165) is 6.54 Å². The molecule has 1 N–H and O–H groups in total. The van der Waals surface area contributed by atoms with Crippen molar-refractivity contribution in [1.82, 2.24) is 5.32 Å². The van der Waals surface area contributed by atoms with Crippen molar-refractivity contribution in [2.45, 2.75) is 32.1 Å². The van der Waals surface area contributed by atoms with Crippen LogP contribution in [-0.2, 0) is 6.18 Å². The van der Waals surface area contributed by atoms with Crippen LogP contribution in [0.15, 0.2) is 22.7 Å². The van der Waals surface area contributed by atoms with E-state index < -0.39 is 11.7 Å². The summed E-state index contributed by atoms with van der Waals surface area (Å²) >= 11 is 2.97. The molecule has 0 spiro atoms. The van der Waals surface area contributed by atoms with E-state index in [-0.39, 0.29) is 16.6 Å². The van der Waals surface area contributed by atoms with Crippen LogP contribution < -0.4 is 10.2 Å². The molecule has 2 nitrogen and oxygen atoms in total. The molecule has 0 saturated carbocycles. The van der Waals surface area contributed by atoms with Gasteiger partial charge in [-0.1, -0.05) is 15.9 Å². The molecule has 0 amide bonds.